The van der Waals surface area contributed by atoms with Crippen LogP contribution in [0.25, 0.3) is 0 Å². The Labute approximate surface area is 109 Å². The summed E-state index contributed by atoms with van der Waals surface area (Å²) in [6.07, 6.45) is 3.00. The van der Waals surface area contributed by atoms with Crippen LogP contribution in [0.3, 0.4) is 0 Å². The monoisotopic (exact) mass is 274 g/mol. The van der Waals surface area contributed by atoms with E-state index in [0.29, 0.717) is 32.2 Å². The Bertz CT molecular complexity index is 406. The summed E-state index contributed by atoms with van der Waals surface area (Å²) >= 11 is 0. The molecule has 0 N–H and O–H groups in total. The third-order valence-electron chi connectivity index (χ3n) is 4.52. The van der Waals surface area contributed by atoms with E-state index in [2.05, 4.69) is 4.90 Å². The van der Waals surface area contributed by atoms with Gasteiger partial charge in [0.1, 0.15) is 5.25 Å². The predicted octanol–water partition coefficient (Wildman–Crippen LogP) is 0.274. The highest BCUT2D eigenvalue weighted by molar-refractivity contribution is 7.89. The van der Waals surface area contributed by atoms with Crippen LogP contribution in [0.1, 0.15) is 26.2 Å². The molecule has 0 aliphatic carbocycles. The molecule has 0 aromatic heterocycles. The molecule has 5 nitrogen and oxygen atoms in total. The molecule has 0 aromatic rings. The molecule has 0 saturated carbocycles. The van der Waals surface area contributed by atoms with Gasteiger partial charge >= 0.3 is 0 Å². The largest absolute Gasteiger partial charge is 0.380 e. The van der Waals surface area contributed by atoms with E-state index < -0.39 is 10.0 Å². The van der Waals surface area contributed by atoms with Crippen molar-refractivity contribution in [3.63, 3.8) is 0 Å². The number of nitrogens with zero attached hydrogens (tertiary/aromatic N) is 2. The molecule has 3 aliphatic rings. The maximum absolute atomic E-state index is 12.6. The number of rotatable bonds is 2. The average Bonchev–Trinajstić information content (AvgIpc) is 2.98. The van der Waals surface area contributed by atoms with Gasteiger partial charge in [-0.05, 0) is 32.7 Å². The molecule has 6 heteroatoms. The smallest absolute Gasteiger partial charge is 0.219 e. The van der Waals surface area contributed by atoms with E-state index >= 15 is 0 Å². The normalized spacial score (nSPS) is 39.1. The number of ether oxygens (including phenoxy) is 1. The lowest BCUT2D eigenvalue weighted by Crippen LogP contribution is -2.58. The lowest BCUT2D eigenvalue weighted by Gasteiger charge is -2.42. The van der Waals surface area contributed by atoms with Crippen molar-refractivity contribution in [1.29, 1.82) is 0 Å². The lowest BCUT2D eigenvalue weighted by molar-refractivity contribution is 0.116. The van der Waals surface area contributed by atoms with Gasteiger partial charge in [0.25, 0.3) is 0 Å². The molecule has 0 aromatic carbocycles. The molecule has 18 heavy (non-hydrogen) atoms. The fourth-order valence-electron chi connectivity index (χ4n) is 3.45. The number of hydrogen-bond donors (Lipinski definition) is 0. The molecular formula is C12H22N2O3S. The lowest BCUT2D eigenvalue weighted by atomic mass is 10.1. The molecule has 3 fully saturated rings. The summed E-state index contributed by atoms with van der Waals surface area (Å²) in [5, 5.41) is -0.312. The van der Waals surface area contributed by atoms with Gasteiger partial charge in [-0.15, -0.1) is 0 Å². The third-order valence-corrected chi connectivity index (χ3v) is 6.89. The zero-order valence-corrected chi connectivity index (χ0v) is 11.7. The fraction of sp³-hybridized carbons (Fsp3) is 1.00. The molecule has 0 unspecified atom stereocenters. The predicted molar refractivity (Wildman–Crippen MR) is 68.9 cm³/mol. The fourth-order valence-corrected chi connectivity index (χ4v) is 5.45. The highest BCUT2D eigenvalue weighted by Crippen LogP contribution is 2.29. The minimum atomic E-state index is -3.17. The minimum absolute atomic E-state index is 0.102. The van der Waals surface area contributed by atoms with Crippen molar-refractivity contribution in [1.82, 2.24) is 9.21 Å². The van der Waals surface area contributed by atoms with Crippen molar-refractivity contribution in [3.05, 3.63) is 0 Å². The molecule has 0 amide bonds. The van der Waals surface area contributed by atoms with Crippen molar-refractivity contribution < 1.29 is 13.2 Å². The zero-order chi connectivity index (χ0) is 12.8. The van der Waals surface area contributed by atoms with Crippen molar-refractivity contribution in [2.24, 2.45) is 0 Å². The highest BCUT2D eigenvalue weighted by atomic mass is 32.2. The summed E-state index contributed by atoms with van der Waals surface area (Å²) in [5.74, 6) is 0. The minimum Gasteiger partial charge on any atom is -0.380 e. The van der Waals surface area contributed by atoms with E-state index in [9.17, 15) is 8.42 Å². The molecule has 3 atom stereocenters. The molecule has 104 valence electrons. The Morgan fingerprint density at radius 1 is 1.22 bits per heavy atom. The van der Waals surface area contributed by atoms with Gasteiger partial charge in [0, 0.05) is 31.8 Å². The first-order chi connectivity index (χ1) is 8.59. The van der Waals surface area contributed by atoms with Gasteiger partial charge in [0.15, 0.2) is 0 Å². The van der Waals surface area contributed by atoms with E-state index in [1.807, 2.05) is 6.92 Å². The molecule has 0 bridgehead atoms. The first kappa shape index (κ1) is 12.8. The molecular weight excluding hydrogens is 252 g/mol. The van der Waals surface area contributed by atoms with E-state index in [1.165, 1.54) is 6.42 Å². The quantitative estimate of drug-likeness (QED) is 0.725. The van der Waals surface area contributed by atoms with Crippen molar-refractivity contribution in [2.75, 3.05) is 32.8 Å². The maximum atomic E-state index is 12.6. The molecule has 3 aliphatic heterocycles. The van der Waals surface area contributed by atoms with Gasteiger partial charge in [0.05, 0.1) is 6.61 Å². The van der Waals surface area contributed by atoms with E-state index in [-0.39, 0.29) is 11.3 Å². The first-order valence-electron chi connectivity index (χ1n) is 6.91. The second kappa shape index (κ2) is 4.74. The summed E-state index contributed by atoms with van der Waals surface area (Å²) < 4.78 is 32.2. The van der Waals surface area contributed by atoms with Crippen LogP contribution in [0.5, 0.6) is 0 Å². The van der Waals surface area contributed by atoms with Crippen LogP contribution < -0.4 is 0 Å². The summed E-state index contributed by atoms with van der Waals surface area (Å²) in [5.41, 5.74) is 0. The Morgan fingerprint density at radius 2 is 2.06 bits per heavy atom. The van der Waals surface area contributed by atoms with Crippen molar-refractivity contribution in [2.45, 2.75) is 43.5 Å². The second-order valence-electron chi connectivity index (χ2n) is 5.74. The van der Waals surface area contributed by atoms with Gasteiger partial charge in [-0.25, -0.2) is 8.42 Å². The van der Waals surface area contributed by atoms with Crippen LogP contribution in [-0.2, 0) is 14.8 Å². The van der Waals surface area contributed by atoms with Gasteiger partial charge in [-0.2, -0.15) is 4.31 Å². The number of hydrogen-bond acceptors (Lipinski definition) is 4. The summed E-state index contributed by atoms with van der Waals surface area (Å²) in [7, 11) is -3.17. The Balaban J connectivity index is 1.78. The Kier molecular flexibility index (Phi) is 3.38. The highest BCUT2D eigenvalue weighted by Gasteiger charge is 2.43. The van der Waals surface area contributed by atoms with E-state index in [4.69, 9.17) is 4.74 Å². The van der Waals surface area contributed by atoms with Crippen LogP contribution in [-0.4, -0.2) is 67.8 Å². The third kappa shape index (κ3) is 2.09. The molecule has 3 heterocycles. The Morgan fingerprint density at radius 3 is 2.78 bits per heavy atom. The van der Waals surface area contributed by atoms with E-state index in [1.54, 1.807) is 4.31 Å². The summed E-state index contributed by atoms with van der Waals surface area (Å²) in [4.78, 5) is 2.45. The molecule has 0 spiro atoms. The number of piperazine rings is 1. The van der Waals surface area contributed by atoms with Gasteiger partial charge < -0.3 is 4.74 Å². The van der Waals surface area contributed by atoms with Crippen LogP contribution in [0.15, 0.2) is 0 Å². The van der Waals surface area contributed by atoms with E-state index in [0.717, 1.165) is 19.5 Å². The van der Waals surface area contributed by atoms with Crippen LogP contribution in [0.4, 0.5) is 0 Å². The zero-order valence-electron chi connectivity index (χ0n) is 10.9. The van der Waals surface area contributed by atoms with Crippen molar-refractivity contribution in [3.8, 4) is 0 Å². The van der Waals surface area contributed by atoms with Crippen molar-refractivity contribution >= 4 is 10.0 Å². The standard InChI is InChI=1S/C12H22N2O3S/c1-10-7-13-5-2-3-11(13)8-14(10)18(15,16)12-4-6-17-9-12/h10-12H,2-9H2,1H3/t10-,11-,12-/m1/s1. The SMILES string of the molecule is C[C@@H]1CN2CCC[C@@H]2CN1S(=O)(=O)[C@@H]1CCOC1. The topological polar surface area (TPSA) is 49.9 Å². The molecule has 3 rings (SSSR count). The Hall–Kier alpha value is -0.170. The first-order valence-corrected chi connectivity index (χ1v) is 8.42. The van der Waals surface area contributed by atoms with Crippen LogP contribution >= 0.6 is 0 Å². The van der Waals surface area contributed by atoms with Crippen LogP contribution in [0.2, 0.25) is 0 Å². The average molecular weight is 274 g/mol. The number of sulfonamides is 1. The number of fused-ring (bicyclic) bond motifs is 1. The summed E-state index contributed by atoms with van der Waals surface area (Å²) in [6, 6.07) is 0.545. The van der Waals surface area contributed by atoms with Gasteiger partial charge in [-0.3, -0.25) is 4.90 Å². The second-order valence-corrected chi connectivity index (χ2v) is 7.91. The molecule has 0 radical (unpaired) electrons. The van der Waals surface area contributed by atoms with Crippen LogP contribution in [0, 0.1) is 0 Å². The van der Waals surface area contributed by atoms with Gasteiger partial charge in [0.2, 0.25) is 10.0 Å². The summed E-state index contributed by atoms with van der Waals surface area (Å²) in [6.45, 7) is 5.69. The maximum Gasteiger partial charge on any atom is 0.219 e. The molecule has 3 saturated heterocycles. The van der Waals surface area contributed by atoms with Gasteiger partial charge in [-0.1, -0.05) is 0 Å².